The number of nitrogens with one attached hydrogen (secondary N) is 1. The molecule has 9 nitrogen and oxygen atoms in total. The molecule has 0 unspecified atom stereocenters. The number of hydrogen-bond acceptors (Lipinski definition) is 7. The topological polar surface area (TPSA) is 114 Å². The summed E-state index contributed by atoms with van der Waals surface area (Å²) in [5.74, 6) is 0.882. The first-order chi connectivity index (χ1) is 14.6. The standard InChI is InChI=1S/C21H23N5O4/c1-14-19(25-30-24-14)20(28)22-12-18(27)26-9-5-8-16(13-26)21-23-11-17(29-21)10-15-6-3-2-4-7-15/h2-4,6-7,11,16H,5,8-10,12-13H2,1H3,(H,22,28)/t16-/m0/s1. The van der Waals surface area contributed by atoms with E-state index in [2.05, 4.69) is 25.2 Å². The molecule has 2 amide bonds. The Morgan fingerprint density at radius 3 is 2.83 bits per heavy atom. The fourth-order valence-electron chi connectivity index (χ4n) is 3.58. The van der Waals surface area contributed by atoms with E-state index < -0.39 is 5.91 Å². The van der Waals surface area contributed by atoms with E-state index in [1.54, 1.807) is 18.0 Å². The average molecular weight is 409 g/mol. The highest BCUT2D eigenvalue weighted by molar-refractivity contribution is 5.95. The second-order valence-electron chi connectivity index (χ2n) is 7.39. The number of benzene rings is 1. The van der Waals surface area contributed by atoms with Gasteiger partial charge in [-0.25, -0.2) is 9.61 Å². The monoisotopic (exact) mass is 409 g/mol. The van der Waals surface area contributed by atoms with Crippen LogP contribution in [0.3, 0.4) is 0 Å². The summed E-state index contributed by atoms with van der Waals surface area (Å²) in [6.07, 6.45) is 4.21. The maximum absolute atomic E-state index is 12.6. The van der Waals surface area contributed by atoms with Gasteiger partial charge in [-0.05, 0) is 30.5 Å². The summed E-state index contributed by atoms with van der Waals surface area (Å²) in [7, 11) is 0. The summed E-state index contributed by atoms with van der Waals surface area (Å²) in [4.78, 5) is 30.9. The van der Waals surface area contributed by atoms with Crippen LogP contribution in [0.2, 0.25) is 0 Å². The van der Waals surface area contributed by atoms with Gasteiger partial charge in [-0.3, -0.25) is 9.59 Å². The quantitative estimate of drug-likeness (QED) is 0.663. The Bertz CT molecular complexity index is 1010. The Morgan fingerprint density at radius 2 is 2.07 bits per heavy atom. The van der Waals surface area contributed by atoms with Crippen molar-refractivity contribution in [1.82, 2.24) is 25.5 Å². The molecule has 0 saturated carbocycles. The number of carbonyl (C=O) groups excluding carboxylic acids is 2. The van der Waals surface area contributed by atoms with E-state index in [4.69, 9.17) is 4.42 Å². The number of amides is 2. The summed E-state index contributed by atoms with van der Waals surface area (Å²) in [5.41, 5.74) is 1.63. The Labute approximate surface area is 173 Å². The molecule has 3 heterocycles. The first kappa shape index (κ1) is 19.8. The number of rotatable bonds is 6. The van der Waals surface area contributed by atoms with Crippen LogP contribution in [0.5, 0.6) is 0 Å². The van der Waals surface area contributed by atoms with Crippen molar-refractivity contribution in [2.24, 2.45) is 0 Å². The first-order valence-electron chi connectivity index (χ1n) is 9.94. The highest BCUT2D eigenvalue weighted by Gasteiger charge is 2.28. The van der Waals surface area contributed by atoms with Crippen molar-refractivity contribution in [3.63, 3.8) is 0 Å². The predicted molar refractivity (Wildman–Crippen MR) is 106 cm³/mol. The predicted octanol–water partition coefficient (Wildman–Crippen LogP) is 2.09. The van der Waals surface area contributed by atoms with Crippen LogP contribution in [0.4, 0.5) is 0 Å². The molecule has 1 saturated heterocycles. The van der Waals surface area contributed by atoms with Gasteiger partial charge in [0.15, 0.2) is 11.6 Å². The van der Waals surface area contributed by atoms with Crippen LogP contribution in [-0.4, -0.2) is 51.6 Å². The number of piperidine rings is 1. The third-order valence-electron chi connectivity index (χ3n) is 5.18. The zero-order valence-corrected chi connectivity index (χ0v) is 16.7. The smallest absolute Gasteiger partial charge is 0.275 e. The van der Waals surface area contributed by atoms with Gasteiger partial charge in [0.2, 0.25) is 5.91 Å². The van der Waals surface area contributed by atoms with Crippen LogP contribution in [0, 0.1) is 6.92 Å². The highest BCUT2D eigenvalue weighted by atomic mass is 16.6. The normalized spacial score (nSPS) is 16.4. The lowest BCUT2D eigenvalue weighted by atomic mass is 9.98. The van der Waals surface area contributed by atoms with E-state index in [0.717, 1.165) is 24.2 Å². The number of nitrogens with zero attached hydrogens (tertiary/aromatic N) is 4. The Balaban J connectivity index is 1.32. The van der Waals surface area contributed by atoms with Crippen molar-refractivity contribution in [2.75, 3.05) is 19.6 Å². The second kappa shape index (κ2) is 8.89. The maximum atomic E-state index is 12.6. The van der Waals surface area contributed by atoms with Crippen LogP contribution >= 0.6 is 0 Å². The van der Waals surface area contributed by atoms with E-state index in [0.29, 0.717) is 31.1 Å². The first-order valence-corrected chi connectivity index (χ1v) is 9.94. The third-order valence-corrected chi connectivity index (χ3v) is 5.18. The Morgan fingerprint density at radius 1 is 1.23 bits per heavy atom. The number of hydrogen-bond donors (Lipinski definition) is 1. The van der Waals surface area contributed by atoms with Gasteiger partial charge < -0.3 is 14.6 Å². The lowest BCUT2D eigenvalue weighted by Gasteiger charge is -2.31. The average Bonchev–Trinajstić information content (AvgIpc) is 3.41. The van der Waals surface area contributed by atoms with Crippen molar-refractivity contribution in [1.29, 1.82) is 0 Å². The highest BCUT2D eigenvalue weighted by Crippen LogP contribution is 2.27. The number of aromatic nitrogens is 3. The lowest BCUT2D eigenvalue weighted by molar-refractivity contribution is -0.131. The molecule has 1 aliphatic rings. The largest absolute Gasteiger partial charge is 0.445 e. The lowest BCUT2D eigenvalue weighted by Crippen LogP contribution is -2.44. The van der Waals surface area contributed by atoms with Gasteiger partial charge in [0.1, 0.15) is 11.5 Å². The number of carbonyl (C=O) groups is 2. The van der Waals surface area contributed by atoms with Crippen molar-refractivity contribution >= 4 is 11.8 Å². The maximum Gasteiger partial charge on any atom is 0.275 e. The van der Waals surface area contributed by atoms with Gasteiger partial charge in [0.05, 0.1) is 18.7 Å². The van der Waals surface area contributed by atoms with Crippen molar-refractivity contribution in [3.8, 4) is 0 Å². The molecule has 4 rings (SSSR count). The second-order valence-corrected chi connectivity index (χ2v) is 7.39. The molecular weight excluding hydrogens is 386 g/mol. The fourth-order valence-corrected chi connectivity index (χ4v) is 3.58. The molecular formula is C21H23N5O4. The molecule has 156 valence electrons. The molecule has 3 aromatic rings. The zero-order valence-electron chi connectivity index (χ0n) is 16.7. The van der Waals surface area contributed by atoms with Crippen molar-refractivity contribution in [2.45, 2.75) is 32.1 Å². The molecule has 30 heavy (non-hydrogen) atoms. The van der Waals surface area contributed by atoms with Crippen LogP contribution in [-0.2, 0) is 11.2 Å². The van der Waals surface area contributed by atoms with Gasteiger partial charge in [0.25, 0.3) is 5.91 Å². The molecule has 9 heteroatoms. The minimum Gasteiger partial charge on any atom is -0.445 e. The van der Waals surface area contributed by atoms with Gasteiger partial charge in [-0.15, -0.1) is 0 Å². The SMILES string of the molecule is Cc1nonc1C(=O)NCC(=O)N1CCC[C@H](c2ncc(Cc3ccccc3)o2)C1. The summed E-state index contributed by atoms with van der Waals surface area (Å²) in [5, 5.41) is 9.69. The van der Waals surface area contributed by atoms with Crippen LogP contribution in [0.15, 0.2) is 45.6 Å². The molecule has 1 atom stereocenters. The van der Waals surface area contributed by atoms with E-state index in [-0.39, 0.29) is 24.1 Å². The summed E-state index contributed by atoms with van der Waals surface area (Å²) in [6, 6.07) is 10.1. The molecule has 1 fully saturated rings. The molecule has 1 N–H and O–H groups in total. The molecule has 1 aliphatic heterocycles. The van der Waals surface area contributed by atoms with Gasteiger partial charge in [0, 0.05) is 19.5 Å². The van der Waals surface area contributed by atoms with E-state index in [1.807, 2.05) is 30.3 Å². The van der Waals surface area contributed by atoms with E-state index in [9.17, 15) is 9.59 Å². The molecule has 0 spiro atoms. The van der Waals surface area contributed by atoms with Crippen LogP contribution < -0.4 is 5.32 Å². The van der Waals surface area contributed by atoms with Crippen LogP contribution in [0.1, 0.15) is 52.2 Å². The third kappa shape index (κ3) is 4.56. The van der Waals surface area contributed by atoms with Gasteiger partial charge in [-0.2, -0.15) is 0 Å². The molecule has 0 aliphatic carbocycles. The molecule has 1 aromatic carbocycles. The zero-order chi connectivity index (χ0) is 20.9. The van der Waals surface area contributed by atoms with Crippen molar-refractivity contribution < 1.29 is 18.6 Å². The Hall–Kier alpha value is -3.49. The fraction of sp³-hybridized carbons (Fsp3) is 0.381. The van der Waals surface area contributed by atoms with E-state index >= 15 is 0 Å². The minimum absolute atomic E-state index is 0.0462. The summed E-state index contributed by atoms with van der Waals surface area (Å²) >= 11 is 0. The summed E-state index contributed by atoms with van der Waals surface area (Å²) in [6.45, 7) is 2.67. The Kier molecular flexibility index (Phi) is 5.87. The van der Waals surface area contributed by atoms with Gasteiger partial charge >= 0.3 is 0 Å². The number of likely N-dealkylation sites (tertiary alicyclic amines) is 1. The van der Waals surface area contributed by atoms with Gasteiger partial charge in [-0.1, -0.05) is 35.5 Å². The number of aryl methyl sites for hydroxylation is 1. The van der Waals surface area contributed by atoms with Crippen molar-refractivity contribution in [3.05, 3.63) is 65.1 Å². The molecule has 2 aromatic heterocycles. The minimum atomic E-state index is -0.478. The molecule has 0 bridgehead atoms. The molecule has 0 radical (unpaired) electrons. The van der Waals surface area contributed by atoms with Crippen LogP contribution in [0.25, 0.3) is 0 Å². The van der Waals surface area contributed by atoms with E-state index in [1.165, 1.54) is 0 Å². The number of oxazole rings is 1. The summed E-state index contributed by atoms with van der Waals surface area (Å²) < 4.78 is 10.5.